The molecule has 0 aliphatic rings. The van der Waals surface area contributed by atoms with Crippen LogP contribution in [0.15, 0.2) is 59.8 Å². The van der Waals surface area contributed by atoms with Crippen molar-refractivity contribution in [1.82, 2.24) is 14.6 Å². The van der Waals surface area contributed by atoms with E-state index in [1.54, 1.807) is 6.92 Å². The van der Waals surface area contributed by atoms with Crippen LogP contribution < -0.4 is 5.32 Å². The van der Waals surface area contributed by atoms with Gasteiger partial charge in [-0.2, -0.15) is 13.2 Å². The van der Waals surface area contributed by atoms with Crippen molar-refractivity contribution in [2.45, 2.75) is 30.4 Å². The number of pyridine rings is 1. The Morgan fingerprint density at radius 2 is 1.80 bits per heavy atom. The molecule has 2 heterocycles. The van der Waals surface area contributed by atoms with Gasteiger partial charge in [0.15, 0.2) is 10.8 Å². The molecule has 1 atom stereocenters. The second-order valence-corrected chi connectivity index (χ2v) is 8.12. The molecule has 5 nitrogen and oxygen atoms in total. The summed E-state index contributed by atoms with van der Waals surface area (Å²) in [5.74, 6) is -0.551. The number of carbonyl (C=O) groups excluding carboxylic acids is 1. The number of fused-ring (bicyclic) bond motifs is 3. The minimum absolute atomic E-state index is 0.269. The molecule has 1 unspecified atom stereocenters. The summed E-state index contributed by atoms with van der Waals surface area (Å²) in [5, 5.41) is 11.6. The number of amides is 1. The molecule has 0 saturated heterocycles. The van der Waals surface area contributed by atoms with E-state index in [0.29, 0.717) is 10.8 Å². The molecule has 2 aromatic carbocycles. The van der Waals surface area contributed by atoms with E-state index in [9.17, 15) is 18.0 Å². The third-order valence-electron chi connectivity index (χ3n) is 4.72. The number of aromatic nitrogens is 3. The van der Waals surface area contributed by atoms with Crippen molar-refractivity contribution in [3.05, 3.63) is 65.7 Å². The molecule has 4 rings (SSSR count). The second kappa shape index (κ2) is 7.64. The molecule has 154 valence electrons. The first-order valence-corrected chi connectivity index (χ1v) is 10.0. The molecule has 0 fully saturated rings. The molecule has 0 aliphatic carbocycles. The minimum atomic E-state index is -4.56. The van der Waals surface area contributed by atoms with Crippen molar-refractivity contribution < 1.29 is 18.0 Å². The largest absolute Gasteiger partial charge is 0.418 e. The van der Waals surface area contributed by atoms with Crippen LogP contribution in [0, 0.1) is 6.92 Å². The maximum atomic E-state index is 13.2. The molecule has 9 heteroatoms. The zero-order chi connectivity index (χ0) is 21.5. The summed E-state index contributed by atoms with van der Waals surface area (Å²) in [6, 6.07) is 14.6. The van der Waals surface area contributed by atoms with Crippen LogP contribution in [0.1, 0.15) is 18.1 Å². The Kier molecular flexibility index (Phi) is 5.15. The van der Waals surface area contributed by atoms with Gasteiger partial charge in [0.05, 0.1) is 22.0 Å². The molecule has 30 heavy (non-hydrogen) atoms. The number of halogens is 3. The lowest BCUT2D eigenvalue weighted by atomic mass is 10.1. The average molecular weight is 430 g/mol. The van der Waals surface area contributed by atoms with Gasteiger partial charge in [-0.25, -0.2) is 0 Å². The maximum absolute atomic E-state index is 13.2. The quantitative estimate of drug-likeness (QED) is 0.445. The molecule has 0 saturated carbocycles. The van der Waals surface area contributed by atoms with Crippen molar-refractivity contribution >= 4 is 39.9 Å². The van der Waals surface area contributed by atoms with E-state index in [2.05, 4.69) is 15.5 Å². The van der Waals surface area contributed by atoms with Gasteiger partial charge in [-0.1, -0.05) is 42.1 Å². The van der Waals surface area contributed by atoms with Gasteiger partial charge >= 0.3 is 6.18 Å². The minimum Gasteiger partial charge on any atom is -0.325 e. The number of nitrogens with zero attached hydrogens (tertiary/aromatic N) is 3. The fourth-order valence-corrected chi connectivity index (χ4v) is 4.10. The van der Waals surface area contributed by atoms with Crippen LogP contribution in [-0.4, -0.2) is 25.8 Å². The van der Waals surface area contributed by atoms with E-state index in [4.69, 9.17) is 0 Å². The fourth-order valence-electron chi connectivity index (χ4n) is 3.24. The Labute approximate surface area is 174 Å². The van der Waals surface area contributed by atoms with Crippen molar-refractivity contribution in [2.75, 3.05) is 5.32 Å². The molecule has 0 aliphatic heterocycles. The fraction of sp³-hybridized carbons (Fsp3) is 0.190. The highest BCUT2D eigenvalue weighted by molar-refractivity contribution is 8.00. The van der Waals surface area contributed by atoms with E-state index in [1.807, 2.05) is 41.7 Å². The lowest BCUT2D eigenvalue weighted by Gasteiger charge is -2.16. The highest BCUT2D eigenvalue weighted by Gasteiger charge is 2.34. The average Bonchev–Trinajstić information content (AvgIpc) is 3.10. The van der Waals surface area contributed by atoms with Crippen molar-refractivity contribution in [3.8, 4) is 0 Å². The Balaban J connectivity index is 1.62. The number of para-hydroxylation sites is 2. The van der Waals surface area contributed by atoms with E-state index in [0.717, 1.165) is 34.3 Å². The van der Waals surface area contributed by atoms with Gasteiger partial charge < -0.3 is 5.32 Å². The highest BCUT2D eigenvalue weighted by Crippen LogP contribution is 2.35. The van der Waals surface area contributed by atoms with Gasteiger partial charge in [-0.15, -0.1) is 10.2 Å². The van der Waals surface area contributed by atoms with Gasteiger partial charge in [0.25, 0.3) is 0 Å². The summed E-state index contributed by atoms with van der Waals surface area (Å²) >= 11 is 1.14. The van der Waals surface area contributed by atoms with Crippen molar-refractivity contribution in [1.29, 1.82) is 0 Å². The second-order valence-electron chi connectivity index (χ2n) is 6.81. The van der Waals surface area contributed by atoms with E-state index in [1.165, 1.54) is 18.2 Å². The van der Waals surface area contributed by atoms with Crippen LogP contribution in [-0.2, 0) is 11.0 Å². The van der Waals surface area contributed by atoms with Gasteiger partial charge in [0, 0.05) is 5.39 Å². The van der Waals surface area contributed by atoms with Gasteiger partial charge in [0.2, 0.25) is 5.91 Å². The number of hydrogen-bond acceptors (Lipinski definition) is 4. The molecule has 0 radical (unpaired) electrons. The summed E-state index contributed by atoms with van der Waals surface area (Å²) in [4.78, 5) is 12.6. The first kappa shape index (κ1) is 20.2. The van der Waals surface area contributed by atoms with Crippen molar-refractivity contribution in [3.63, 3.8) is 0 Å². The number of thioether (sulfide) groups is 1. The number of anilines is 1. The SMILES string of the molecule is Cc1cc2nnc(SC(C)C(=O)Nc3ccccc3C(F)(F)F)n2c2ccccc12. The predicted octanol–water partition coefficient (Wildman–Crippen LogP) is 5.33. The van der Waals surface area contributed by atoms with E-state index in [-0.39, 0.29) is 5.69 Å². The summed E-state index contributed by atoms with van der Waals surface area (Å²) in [6.07, 6.45) is -4.56. The lowest BCUT2D eigenvalue weighted by Crippen LogP contribution is -2.24. The number of nitrogens with one attached hydrogen (secondary N) is 1. The molecule has 4 aromatic rings. The van der Waals surface area contributed by atoms with Crippen molar-refractivity contribution in [2.24, 2.45) is 0 Å². The number of alkyl halides is 3. The number of rotatable bonds is 4. The topological polar surface area (TPSA) is 59.3 Å². The molecule has 2 aromatic heterocycles. The number of carbonyl (C=O) groups is 1. The van der Waals surface area contributed by atoms with Crippen LogP contribution in [0.2, 0.25) is 0 Å². The molecule has 1 N–H and O–H groups in total. The zero-order valence-corrected chi connectivity index (χ0v) is 16.9. The molecular formula is C21H17F3N4OS. The van der Waals surface area contributed by atoms with Crippen LogP contribution in [0.4, 0.5) is 18.9 Å². The molecule has 1 amide bonds. The number of hydrogen-bond donors (Lipinski definition) is 1. The summed E-state index contributed by atoms with van der Waals surface area (Å²) in [6.45, 7) is 3.60. The van der Waals surface area contributed by atoms with Gasteiger partial charge in [-0.3, -0.25) is 9.20 Å². The van der Waals surface area contributed by atoms with Gasteiger partial charge in [-0.05, 0) is 43.7 Å². The smallest absolute Gasteiger partial charge is 0.325 e. The Hall–Kier alpha value is -3.07. The third-order valence-corrected chi connectivity index (χ3v) is 5.76. The normalized spacial score (nSPS) is 13.0. The first-order valence-electron chi connectivity index (χ1n) is 9.13. The molecular weight excluding hydrogens is 413 g/mol. The standard InChI is InChI=1S/C21H17F3N4OS/c1-12-11-18-26-27-20(28(18)17-10-6-3-7-14(12)17)30-13(2)19(29)25-16-9-5-4-8-15(16)21(22,23)24/h3-11,13H,1-2H3,(H,25,29). The Bertz CT molecular complexity index is 1250. The van der Waals surface area contributed by atoms with E-state index < -0.39 is 22.9 Å². The van der Waals surface area contributed by atoms with Crippen LogP contribution in [0.25, 0.3) is 16.6 Å². The summed E-state index contributed by atoms with van der Waals surface area (Å²) in [7, 11) is 0. The monoisotopic (exact) mass is 430 g/mol. The molecule has 0 spiro atoms. The number of benzene rings is 2. The zero-order valence-electron chi connectivity index (χ0n) is 16.1. The lowest BCUT2D eigenvalue weighted by molar-refractivity contribution is -0.137. The summed E-state index contributed by atoms with van der Waals surface area (Å²) < 4.78 is 41.4. The van der Waals surface area contributed by atoms with Crippen LogP contribution >= 0.6 is 11.8 Å². The van der Waals surface area contributed by atoms with Crippen LogP contribution in [0.5, 0.6) is 0 Å². The predicted molar refractivity (Wildman–Crippen MR) is 111 cm³/mol. The first-order chi connectivity index (χ1) is 14.3. The highest BCUT2D eigenvalue weighted by atomic mass is 32.2. The maximum Gasteiger partial charge on any atom is 0.418 e. The Morgan fingerprint density at radius 1 is 1.10 bits per heavy atom. The summed E-state index contributed by atoms with van der Waals surface area (Å²) in [5.41, 5.74) is 1.44. The van der Waals surface area contributed by atoms with E-state index >= 15 is 0 Å². The molecule has 0 bridgehead atoms. The van der Waals surface area contributed by atoms with Crippen LogP contribution in [0.3, 0.4) is 0 Å². The third kappa shape index (κ3) is 3.72. The Morgan fingerprint density at radius 3 is 2.57 bits per heavy atom. The number of aryl methyl sites for hydroxylation is 1. The van der Waals surface area contributed by atoms with Gasteiger partial charge in [0.1, 0.15) is 0 Å².